The molecule has 6 heteroatoms. The maximum Gasteiger partial charge on any atom is 0.242 e. The zero-order valence-corrected chi connectivity index (χ0v) is 12.9. The molecule has 5 nitrogen and oxygen atoms in total. The molecule has 0 radical (unpaired) electrons. The molecule has 1 aromatic carbocycles. The lowest BCUT2D eigenvalue weighted by Crippen LogP contribution is -2.27. The standard InChI is InChI=1S/C14H23NO4S/c1-3-4-5-10-15(2)20(17,18)14-8-6-13(7-9-14)19-12-11-16/h6-9,16H,3-5,10-12H2,1-2H3. The molecule has 1 N–H and O–H groups in total. The van der Waals surface area contributed by atoms with Gasteiger partial charge in [0.1, 0.15) is 12.4 Å². The van der Waals surface area contributed by atoms with Crippen molar-refractivity contribution in [2.75, 3.05) is 26.8 Å². The SMILES string of the molecule is CCCCCN(C)S(=O)(=O)c1ccc(OCCO)cc1. The molecule has 0 fully saturated rings. The van der Waals surface area contributed by atoms with Crippen molar-refractivity contribution in [3.8, 4) is 5.75 Å². The van der Waals surface area contributed by atoms with E-state index in [0.717, 1.165) is 19.3 Å². The van der Waals surface area contributed by atoms with E-state index in [1.165, 1.54) is 16.4 Å². The second kappa shape index (κ2) is 8.24. The van der Waals surface area contributed by atoms with Crippen molar-refractivity contribution in [2.45, 2.75) is 31.1 Å². The first kappa shape index (κ1) is 16.9. The average molecular weight is 301 g/mol. The van der Waals surface area contributed by atoms with Crippen molar-refractivity contribution in [1.29, 1.82) is 0 Å². The summed E-state index contributed by atoms with van der Waals surface area (Å²) >= 11 is 0. The molecule has 114 valence electrons. The molecular formula is C14H23NO4S. The van der Waals surface area contributed by atoms with Gasteiger partial charge in [-0.15, -0.1) is 0 Å². The number of ether oxygens (including phenoxy) is 1. The van der Waals surface area contributed by atoms with E-state index in [4.69, 9.17) is 9.84 Å². The van der Waals surface area contributed by atoms with Crippen LogP contribution in [0.5, 0.6) is 5.75 Å². The Hall–Kier alpha value is -1.11. The van der Waals surface area contributed by atoms with Gasteiger partial charge in [-0.2, -0.15) is 0 Å². The van der Waals surface area contributed by atoms with Crippen LogP contribution < -0.4 is 4.74 Å². The van der Waals surface area contributed by atoms with E-state index in [2.05, 4.69) is 6.92 Å². The Morgan fingerprint density at radius 1 is 1.20 bits per heavy atom. The van der Waals surface area contributed by atoms with E-state index in [1.807, 2.05) is 0 Å². The quantitative estimate of drug-likeness (QED) is 0.707. The van der Waals surface area contributed by atoms with Crippen LogP contribution >= 0.6 is 0 Å². The molecular weight excluding hydrogens is 278 g/mol. The average Bonchev–Trinajstić information content (AvgIpc) is 2.45. The first-order valence-electron chi connectivity index (χ1n) is 6.82. The molecule has 0 amide bonds. The van der Waals surface area contributed by atoms with Crippen LogP contribution in [0.25, 0.3) is 0 Å². The van der Waals surface area contributed by atoms with Crippen LogP contribution in [0.15, 0.2) is 29.2 Å². The zero-order valence-electron chi connectivity index (χ0n) is 12.1. The molecule has 0 saturated heterocycles. The Bertz CT molecular complexity index is 484. The van der Waals surface area contributed by atoms with Crippen LogP contribution in [0.1, 0.15) is 26.2 Å². The lowest BCUT2D eigenvalue weighted by molar-refractivity contribution is 0.201. The minimum absolute atomic E-state index is 0.0692. The Balaban J connectivity index is 2.71. The molecule has 0 unspecified atom stereocenters. The summed E-state index contributed by atoms with van der Waals surface area (Å²) in [5, 5.41) is 8.66. The maximum atomic E-state index is 12.3. The second-order valence-electron chi connectivity index (χ2n) is 4.58. The minimum Gasteiger partial charge on any atom is -0.491 e. The van der Waals surface area contributed by atoms with E-state index < -0.39 is 10.0 Å². The van der Waals surface area contributed by atoms with Gasteiger partial charge in [-0.25, -0.2) is 12.7 Å². The van der Waals surface area contributed by atoms with Crippen molar-refractivity contribution in [3.63, 3.8) is 0 Å². The molecule has 0 bridgehead atoms. The summed E-state index contributed by atoms with van der Waals surface area (Å²) in [5.41, 5.74) is 0. The van der Waals surface area contributed by atoms with Gasteiger partial charge in [0, 0.05) is 13.6 Å². The van der Waals surface area contributed by atoms with E-state index in [9.17, 15) is 8.42 Å². The fraction of sp³-hybridized carbons (Fsp3) is 0.571. The van der Waals surface area contributed by atoms with Crippen LogP contribution in [0, 0.1) is 0 Å². The third-order valence-corrected chi connectivity index (χ3v) is 4.84. The number of benzene rings is 1. The minimum atomic E-state index is -3.43. The number of unbranched alkanes of at least 4 members (excludes halogenated alkanes) is 2. The highest BCUT2D eigenvalue weighted by atomic mass is 32.2. The van der Waals surface area contributed by atoms with Crippen molar-refractivity contribution < 1.29 is 18.3 Å². The van der Waals surface area contributed by atoms with Crippen LogP contribution in [-0.2, 0) is 10.0 Å². The van der Waals surface area contributed by atoms with Gasteiger partial charge in [-0.3, -0.25) is 0 Å². The van der Waals surface area contributed by atoms with Crippen LogP contribution in [0.3, 0.4) is 0 Å². The molecule has 20 heavy (non-hydrogen) atoms. The van der Waals surface area contributed by atoms with Crippen LogP contribution in [0.4, 0.5) is 0 Å². The van der Waals surface area contributed by atoms with Gasteiger partial charge in [-0.05, 0) is 30.7 Å². The normalized spacial score (nSPS) is 11.8. The lowest BCUT2D eigenvalue weighted by atomic mass is 10.2. The summed E-state index contributed by atoms with van der Waals surface area (Å²) < 4.78 is 31.2. The Morgan fingerprint density at radius 3 is 2.40 bits per heavy atom. The van der Waals surface area contributed by atoms with E-state index in [-0.39, 0.29) is 18.1 Å². The number of sulfonamides is 1. The Kier molecular flexibility index (Phi) is 6.98. The van der Waals surface area contributed by atoms with Gasteiger partial charge < -0.3 is 9.84 Å². The number of rotatable bonds is 9. The monoisotopic (exact) mass is 301 g/mol. The fourth-order valence-corrected chi connectivity index (χ4v) is 2.97. The second-order valence-corrected chi connectivity index (χ2v) is 6.62. The van der Waals surface area contributed by atoms with Gasteiger partial charge in [0.15, 0.2) is 0 Å². The smallest absolute Gasteiger partial charge is 0.242 e. The van der Waals surface area contributed by atoms with Crippen molar-refractivity contribution in [2.24, 2.45) is 0 Å². The highest BCUT2D eigenvalue weighted by Crippen LogP contribution is 2.19. The van der Waals surface area contributed by atoms with Gasteiger partial charge in [-0.1, -0.05) is 19.8 Å². The molecule has 0 aromatic heterocycles. The third kappa shape index (κ3) is 4.77. The first-order valence-corrected chi connectivity index (χ1v) is 8.26. The summed E-state index contributed by atoms with van der Waals surface area (Å²) in [4.78, 5) is 0.257. The van der Waals surface area contributed by atoms with Crippen molar-refractivity contribution in [3.05, 3.63) is 24.3 Å². The van der Waals surface area contributed by atoms with E-state index in [0.29, 0.717) is 12.3 Å². The molecule has 0 saturated carbocycles. The predicted octanol–water partition coefficient (Wildman–Crippen LogP) is 1.87. The summed E-state index contributed by atoms with van der Waals surface area (Å²) in [6, 6.07) is 6.25. The van der Waals surface area contributed by atoms with Gasteiger partial charge >= 0.3 is 0 Å². The number of aliphatic hydroxyl groups excluding tert-OH is 1. The predicted molar refractivity (Wildman–Crippen MR) is 78.4 cm³/mol. The Labute approximate surface area is 121 Å². The summed E-state index contributed by atoms with van der Waals surface area (Å²) in [5.74, 6) is 0.548. The van der Waals surface area contributed by atoms with Crippen molar-refractivity contribution >= 4 is 10.0 Å². The molecule has 1 rings (SSSR count). The van der Waals surface area contributed by atoms with Crippen LogP contribution in [-0.4, -0.2) is 44.6 Å². The summed E-state index contributed by atoms with van der Waals surface area (Å²) in [7, 11) is -1.83. The largest absolute Gasteiger partial charge is 0.491 e. The third-order valence-electron chi connectivity index (χ3n) is 2.97. The van der Waals surface area contributed by atoms with Crippen molar-refractivity contribution in [1.82, 2.24) is 4.31 Å². The molecule has 0 aliphatic carbocycles. The van der Waals surface area contributed by atoms with Gasteiger partial charge in [0.05, 0.1) is 11.5 Å². The number of hydrogen-bond acceptors (Lipinski definition) is 4. The molecule has 1 aromatic rings. The summed E-state index contributed by atoms with van der Waals surface area (Å²) in [6.07, 6.45) is 2.95. The lowest BCUT2D eigenvalue weighted by Gasteiger charge is -2.17. The summed E-state index contributed by atoms with van der Waals surface area (Å²) in [6.45, 7) is 2.74. The number of hydrogen-bond donors (Lipinski definition) is 1. The maximum absolute atomic E-state index is 12.3. The molecule has 0 heterocycles. The molecule has 0 aliphatic heterocycles. The molecule has 0 aliphatic rings. The van der Waals surface area contributed by atoms with Gasteiger partial charge in [0.25, 0.3) is 0 Å². The first-order chi connectivity index (χ1) is 9.52. The fourth-order valence-electron chi connectivity index (χ4n) is 1.76. The number of nitrogens with zero attached hydrogens (tertiary/aromatic N) is 1. The van der Waals surface area contributed by atoms with Gasteiger partial charge in [0.2, 0.25) is 10.0 Å². The Morgan fingerprint density at radius 2 is 1.85 bits per heavy atom. The number of aliphatic hydroxyl groups is 1. The molecule has 0 atom stereocenters. The van der Waals surface area contributed by atoms with E-state index in [1.54, 1.807) is 19.2 Å². The molecule has 0 spiro atoms. The van der Waals surface area contributed by atoms with E-state index >= 15 is 0 Å². The topological polar surface area (TPSA) is 66.8 Å². The zero-order chi connectivity index (χ0) is 15.0. The highest BCUT2D eigenvalue weighted by molar-refractivity contribution is 7.89. The van der Waals surface area contributed by atoms with Crippen LogP contribution in [0.2, 0.25) is 0 Å². The highest BCUT2D eigenvalue weighted by Gasteiger charge is 2.19.